The van der Waals surface area contributed by atoms with Crippen LogP contribution in [0.5, 0.6) is 5.75 Å². The number of ketones is 1. The molecule has 6 nitrogen and oxygen atoms in total. The Kier molecular flexibility index (Phi) is 5.43. The van der Waals surface area contributed by atoms with Crippen molar-refractivity contribution in [2.45, 2.75) is 6.54 Å². The summed E-state index contributed by atoms with van der Waals surface area (Å²) in [4.78, 5) is 17.5. The van der Waals surface area contributed by atoms with Crippen molar-refractivity contribution in [3.63, 3.8) is 0 Å². The summed E-state index contributed by atoms with van der Waals surface area (Å²) in [6, 6.07) is 17.1. The van der Waals surface area contributed by atoms with E-state index in [0.29, 0.717) is 32.9 Å². The zero-order valence-corrected chi connectivity index (χ0v) is 18.6. The van der Waals surface area contributed by atoms with Crippen molar-refractivity contribution in [2.75, 3.05) is 7.11 Å². The van der Waals surface area contributed by atoms with Crippen LogP contribution < -0.4 is 4.74 Å². The summed E-state index contributed by atoms with van der Waals surface area (Å²) >= 11 is 7.29. The molecule has 0 saturated heterocycles. The van der Waals surface area contributed by atoms with Gasteiger partial charge in [-0.05, 0) is 48.0 Å². The Morgan fingerprint density at radius 2 is 1.84 bits per heavy atom. The zero-order valence-electron chi connectivity index (χ0n) is 17.0. The molecule has 0 N–H and O–H groups in total. The van der Waals surface area contributed by atoms with E-state index in [9.17, 15) is 4.79 Å². The number of aromatic nitrogens is 4. The number of methoxy groups -OCH3 is 1. The van der Waals surface area contributed by atoms with Gasteiger partial charge in [-0.2, -0.15) is 0 Å². The van der Waals surface area contributed by atoms with Crippen LogP contribution >= 0.6 is 22.9 Å². The fourth-order valence-electron chi connectivity index (χ4n) is 3.54. The average Bonchev–Trinajstić information content (AvgIpc) is 3.46. The molecule has 3 heterocycles. The van der Waals surface area contributed by atoms with Crippen molar-refractivity contribution >= 4 is 39.6 Å². The molecule has 0 aliphatic heterocycles. The second-order valence-corrected chi connectivity index (χ2v) is 8.57. The van der Waals surface area contributed by atoms with Gasteiger partial charge >= 0.3 is 0 Å². The first-order valence-electron chi connectivity index (χ1n) is 9.82. The molecule has 0 amide bonds. The summed E-state index contributed by atoms with van der Waals surface area (Å²) < 4.78 is 7.45. The highest BCUT2D eigenvalue weighted by Crippen LogP contribution is 2.31. The van der Waals surface area contributed by atoms with Crippen molar-refractivity contribution in [1.82, 2.24) is 19.7 Å². The van der Waals surface area contributed by atoms with E-state index in [1.807, 2.05) is 60.8 Å². The molecular formula is C24H17ClN4O2S. The maximum absolute atomic E-state index is 13.4. The second kappa shape index (κ2) is 8.53. The number of carbonyl (C=O) groups excluding carboxylic acids is 1. The number of halogens is 1. The van der Waals surface area contributed by atoms with Crippen molar-refractivity contribution in [2.24, 2.45) is 0 Å². The van der Waals surface area contributed by atoms with Crippen molar-refractivity contribution in [1.29, 1.82) is 0 Å². The number of hydrogen-bond acceptors (Lipinski definition) is 6. The highest BCUT2D eigenvalue weighted by atomic mass is 35.5. The number of benzene rings is 2. The van der Waals surface area contributed by atoms with Crippen LogP contribution in [0.4, 0.5) is 0 Å². The van der Waals surface area contributed by atoms with E-state index in [1.54, 1.807) is 19.5 Å². The average molecular weight is 461 g/mol. The number of hydrogen-bond donors (Lipinski definition) is 0. The summed E-state index contributed by atoms with van der Waals surface area (Å²) in [7, 11) is 1.61. The molecule has 0 spiro atoms. The molecule has 0 fully saturated rings. The van der Waals surface area contributed by atoms with Crippen LogP contribution in [0, 0.1) is 0 Å². The lowest BCUT2D eigenvalue weighted by atomic mass is 10.1. The van der Waals surface area contributed by atoms with E-state index in [2.05, 4.69) is 19.7 Å². The van der Waals surface area contributed by atoms with Gasteiger partial charge in [-0.25, -0.2) is 0 Å². The predicted molar refractivity (Wildman–Crippen MR) is 126 cm³/mol. The van der Waals surface area contributed by atoms with Crippen LogP contribution in [0.15, 0.2) is 73.2 Å². The maximum Gasteiger partial charge on any atom is 0.225 e. The normalized spacial score (nSPS) is 11.1. The van der Waals surface area contributed by atoms with Crippen LogP contribution in [-0.2, 0) is 6.54 Å². The van der Waals surface area contributed by atoms with E-state index >= 15 is 0 Å². The first-order valence-corrected chi connectivity index (χ1v) is 11.0. The molecule has 0 aliphatic carbocycles. The molecule has 0 bridgehead atoms. The first-order chi connectivity index (χ1) is 15.6. The van der Waals surface area contributed by atoms with Crippen LogP contribution in [-0.4, -0.2) is 32.6 Å². The van der Waals surface area contributed by atoms with Crippen molar-refractivity contribution in [3.05, 3.63) is 94.3 Å². The van der Waals surface area contributed by atoms with E-state index in [4.69, 9.17) is 16.3 Å². The summed E-state index contributed by atoms with van der Waals surface area (Å²) in [6.07, 6.45) is 5.25. The molecule has 0 aliphatic rings. The molecule has 158 valence electrons. The number of carbonyl (C=O) groups is 1. The van der Waals surface area contributed by atoms with Gasteiger partial charge in [0.2, 0.25) is 5.78 Å². The van der Waals surface area contributed by atoms with E-state index in [1.165, 1.54) is 11.3 Å². The summed E-state index contributed by atoms with van der Waals surface area (Å²) in [5.41, 5.74) is 3.45. The standard InChI is InChI=1S/C24H17ClN4O2S/c1-31-18-6-7-21-19(12-18)20(14-29(21)13-15-2-4-17(25)5-3-15)22(30)24-28-27-23(32-24)16-8-10-26-11-9-16/h2-12,14H,13H2,1H3. The number of rotatable bonds is 6. The van der Waals surface area contributed by atoms with Gasteiger partial charge in [0.05, 0.1) is 12.7 Å². The van der Waals surface area contributed by atoms with Gasteiger partial charge in [-0.15, -0.1) is 10.2 Å². The quantitative estimate of drug-likeness (QED) is 0.313. The lowest BCUT2D eigenvalue weighted by Crippen LogP contribution is -2.01. The molecule has 32 heavy (non-hydrogen) atoms. The molecule has 2 aromatic carbocycles. The summed E-state index contributed by atoms with van der Waals surface area (Å²) in [5.74, 6) is 0.515. The Balaban J connectivity index is 1.56. The minimum atomic E-state index is -0.170. The van der Waals surface area contributed by atoms with Gasteiger partial charge < -0.3 is 9.30 Å². The lowest BCUT2D eigenvalue weighted by molar-refractivity contribution is 0.103. The topological polar surface area (TPSA) is 69.9 Å². The zero-order chi connectivity index (χ0) is 22.1. The second-order valence-electron chi connectivity index (χ2n) is 7.16. The minimum Gasteiger partial charge on any atom is -0.497 e. The molecule has 0 atom stereocenters. The Hall–Kier alpha value is -3.55. The molecular weight excluding hydrogens is 444 g/mol. The highest BCUT2D eigenvalue weighted by Gasteiger charge is 2.21. The monoisotopic (exact) mass is 460 g/mol. The van der Waals surface area contributed by atoms with Crippen LogP contribution in [0.2, 0.25) is 5.02 Å². The van der Waals surface area contributed by atoms with E-state index < -0.39 is 0 Å². The summed E-state index contributed by atoms with van der Waals surface area (Å²) in [6.45, 7) is 0.603. The van der Waals surface area contributed by atoms with Gasteiger partial charge in [0, 0.05) is 46.6 Å². The Labute approximate surface area is 193 Å². The minimum absolute atomic E-state index is 0.170. The van der Waals surface area contributed by atoms with Crippen molar-refractivity contribution in [3.8, 4) is 16.3 Å². The molecule has 0 radical (unpaired) electrons. The Morgan fingerprint density at radius 1 is 1.06 bits per heavy atom. The van der Waals surface area contributed by atoms with Crippen LogP contribution in [0.25, 0.3) is 21.5 Å². The van der Waals surface area contributed by atoms with Gasteiger partial charge in [-0.1, -0.05) is 35.1 Å². The molecule has 5 rings (SSSR count). The third-order valence-corrected chi connectivity index (χ3v) is 6.37. The largest absolute Gasteiger partial charge is 0.497 e. The number of nitrogens with zero attached hydrogens (tertiary/aromatic N) is 4. The first kappa shape index (κ1) is 20.4. The summed E-state index contributed by atoms with van der Waals surface area (Å²) in [5, 5.41) is 10.9. The molecule has 0 saturated carbocycles. The van der Waals surface area contributed by atoms with Crippen molar-refractivity contribution < 1.29 is 9.53 Å². The molecule has 8 heteroatoms. The lowest BCUT2D eigenvalue weighted by Gasteiger charge is -2.06. The third kappa shape index (κ3) is 3.88. The number of fused-ring (bicyclic) bond motifs is 1. The maximum atomic E-state index is 13.4. The highest BCUT2D eigenvalue weighted by molar-refractivity contribution is 7.16. The van der Waals surface area contributed by atoms with E-state index in [-0.39, 0.29) is 5.78 Å². The fourth-order valence-corrected chi connectivity index (χ4v) is 4.47. The third-order valence-electron chi connectivity index (χ3n) is 5.15. The van der Waals surface area contributed by atoms with Gasteiger partial charge in [0.1, 0.15) is 10.8 Å². The Bertz CT molecular complexity index is 1410. The predicted octanol–water partition coefficient (Wildman–Crippen LogP) is 5.50. The molecule has 5 aromatic rings. The number of pyridine rings is 1. The van der Waals surface area contributed by atoms with Crippen LogP contribution in [0.3, 0.4) is 0 Å². The Morgan fingerprint density at radius 3 is 2.59 bits per heavy atom. The fraction of sp³-hybridized carbons (Fsp3) is 0.0833. The van der Waals surface area contributed by atoms with Gasteiger partial charge in [-0.3, -0.25) is 9.78 Å². The van der Waals surface area contributed by atoms with E-state index in [0.717, 1.165) is 22.0 Å². The van der Waals surface area contributed by atoms with Crippen LogP contribution in [0.1, 0.15) is 20.9 Å². The number of ether oxygens (including phenoxy) is 1. The van der Waals surface area contributed by atoms with Gasteiger partial charge in [0.25, 0.3) is 0 Å². The molecule has 0 unspecified atom stereocenters. The molecule has 3 aromatic heterocycles. The SMILES string of the molecule is COc1ccc2c(c1)c(C(=O)c1nnc(-c3ccncc3)s1)cn2Cc1ccc(Cl)cc1. The van der Waals surface area contributed by atoms with Gasteiger partial charge in [0.15, 0.2) is 5.01 Å². The smallest absolute Gasteiger partial charge is 0.225 e.